The quantitative estimate of drug-likeness (QED) is 0.698. The summed E-state index contributed by atoms with van der Waals surface area (Å²) in [6.45, 7) is 3.96. The average molecular weight is 182 g/mol. The molecule has 0 aromatic heterocycles. The zero-order chi connectivity index (χ0) is 9.26. The number of hydrogen-bond donors (Lipinski definition) is 1. The van der Waals surface area contributed by atoms with Crippen molar-refractivity contribution in [1.82, 2.24) is 10.2 Å². The van der Waals surface area contributed by atoms with Crippen molar-refractivity contribution in [3.63, 3.8) is 0 Å². The lowest BCUT2D eigenvalue weighted by Gasteiger charge is -2.23. The van der Waals surface area contributed by atoms with E-state index in [-0.39, 0.29) is 6.04 Å². The maximum atomic E-state index is 11.9. The van der Waals surface area contributed by atoms with E-state index in [1.807, 2.05) is 4.90 Å². The molecule has 3 nitrogen and oxygen atoms in total. The number of nitrogens with one attached hydrogen (secondary N) is 1. The highest BCUT2D eigenvalue weighted by atomic mass is 16.2. The van der Waals surface area contributed by atoms with Crippen LogP contribution in [0.3, 0.4) is 0 Å². The molecule has 1 atom stereocenters. The van der Waals surface area contributed by atoms with Gasteiger partial charge in [0, 0.05) is 12.6 Å². The third kappa shape index (κ3) is 1.85. The molecule has 0 radical (unpaired) electrons. The fourth-order valence-electron chi connectivity index (χ4n) is 2.08. The van der Waals surface area contributed by atoms with Gasteiger partial charge in [-0.1, -0.05) is 0 Å². The standard InChI is InChI=1S/C10H18N2O/c1-2-12(8-5-6-8)10(13)9-4-3-7-11-9/h8-9,11H,2-7H2,1H3/t9-/m0/s1. The van der Waals surface area contributed by atoms with E-state index in [9.17, 15) is 4.79 Å². The third-order valence-electron chi connectivity index (χ3n) is 2.97. The summed E-state index contributed by atoms with van der Waals surface area (Å²) in [4.78, 5) is 14.0. The SMILES string of the molecule is CCN(C(=O)[C@@H]1CCCN1)C1CC1. The predicted octanol–water partition coefficient (Wildman–Crippen LogP) is 0.749. The van der Waals surface area contributed by atoms with Crippen LogP contribution in [-0.4, -0.2) is 36.0 Å². The maximum Gasteiger partial charge on any atom is 0.239 e. The van der Waals surface area contributed by atoms with Gasteiger partial charge in [-0.05, 0) is 39.2 Å². The molecule has 0 bridgehead atoms. The molecule has 2 rings (SSSR count). The molecule has 3 heteroatoms. The lowest BCUT2D eigenvalue weighted by Crippen LogP contribution is -2.44. The molecule has 1 saturated heterocycles. The van der Waals surface area contributed by atoms with Crippen LogP contribution in [0, 0.1) is 0 Å². The third-order valence-corrected chi connectivity index (χ3v) is 2.97. The van der Waals surface area contributed by atoms with Gasteiger partial charge >= 0.3 is 0 Å². The highest BCUT2D eigenvalue weighted by molar-refractivity contribution is 5.82. The highest BCUT2D eigenvalue weighted by Crippen LogP contribution is 2.27. The normalized spacial score (nSPS) is 27.6. The van der Waals surface area contributed by atoms with Crippen molar-refractivity contribution < 1.29 is 4.79 Å². The summed E-state index contributed by atoms with van der Waals surface area (Å²) in [5.41, 5.74) is 0. The Kier molecular flexibility index (Phi) is 2.54. The zero-order valence-corrected chi connectivity index (χ0v) is 8.25. The van der Waals surface area contributed by atoms with Crippen LogP contribution in [-0.2, 0) is 4.79 Å². The Labute approximate surface area is 79.5 Å². The van der Waals surface area contributed by atoms with E-state index >= 15 is 0 Å². The van der Waals surface area contributed by atoms with Crippen LogP contribution in [0.25, 0.3) is 0 Å². The van der Waals surface area contributed by atoms with Crippen LogP contribution < -0.4 is 5.32 Å². The first kappa shape index (κ1) is 9.00. The van der Waals surface area contributed by atoms with Gasteiger partial charge < -0.3 is 10.2 Å². The fourth-order valence-corrected chi connectivity index (χ4v) is 2.08. The molecular formula is C10H18N2O. The van der Waals surface area contributed by atoms with Crippen LogP contribution in [0.2, 0.25) is 0 Å². The Balaban J connectivity index is 1.92. The monoisotopic (exact) mass is 182 g/mol. The minimum atomic E-state index is 0.126. The first-order valence-corrected chi connectivity index (χ1v) is 5.36. The van der Waals surface area contributed by atoms with E-state index in [4.69, 9.17) is 0 Å². The predicted molar refractivity (Wildman–Crippen MR) is 51.4 cm³/mol. The average Bonchev–Trinajstić information content (AvgIpc) is 2.83. The summed E-state index contributed by atoms with van der Waals surface area (Å²) >= 11 is 0. The van der Waals surface area contributed by atoms with E-state index in [0.717, 1.165) is 25.9 Å². The second kappa shape index (κ2) is 3.66. The highest BCUT2D eigenvalue weighted by Gasteiger charge is 2.35. The molecule has 1 aliphatic carbocycles. The molecule has 2 aliphatic rings. The summed E-state index contributed by atoms with van der Waals surface area (Å²) in [5.74, 6) is 0.336. The molecule has 1 aliphatic heterocycles. The number of carbonyl (C=O) groups excluding carboxylic acids is 1. The number of amides is 1. The van der Waals surface area contributed by atoms with E-state index in [1.54, 1.807) is 0 Å². The summed E-state index contributed by atoms with van der Waals surface area (Å²) in [7, 11) is 0. The lowest BCUT2D eigenvalue weighted by atomic mass is 10.2. The molecule has 0 aromatic carbocycles. The van der Waals surface area contributed by atoms with E-state index < -0.39 is 0 Å². The molecule has 1 amide bonds. The minimum Gasteiger partial charge on any atom is -0.339 e. The molecular weight excluding hydrogens is 164 g/mol. The van der Waals surface area contributed by atoms with Gasteiger partial charge in [-0.3, -0.25) is 4.79 Å². The first-order valence-electron chi connectivity index (χ1n) is 5.36. The molecule has 13 heavy (non-hydrogen) atoms. The molecule has 0 unspecified atom stereocenters. The lowest BCUT2D eigenvalue weighted by molar-refractivity contribution is -0.133. The number of carbonyl (C=O) groups is 1. The minimum absolute atomic E-state index is 0.126. The van der Waals surface area contributed by atoms with Gasteiger partial charge in [0.05, 0.1) is 6.04 Å². The van der Waals surface area contributed by atoms with Gasteiger partial charge in [0.2, 0.25) is 5.91 Å². The van der Waals surface area contributed by atoms with Gasteiger partial charge in [-0.25, -0.2) is 0 Å². The Morgan fingerprint density at radius 2 is 2.23 bits per heavy atom. The van der Waals surface area contributed by atoms with Crippen molar-refractivity contribution in [2.24, 2.45) is 0 Å². The number of hydrogen-bond acceptors (Lipinski definition) is 2. The van der Waals surface area contributed by atoms with Gasteiger partial charge in [0.25, 0.3) is 0 Å². The molecule has 2 fully saturated rings. The smallest absolute Gasteiger partial charge is 0.239 e. The number of rotatable bonds is 3. The van der Waals surface area contributed by atoms with E-state index in [1.165, 1.54) is 12.8 Å². The summed E-state index contributed by atoms with van der Waals surface area (Å²) in [5, 5.41) is 3.26. The maximum absolute atomic E-state index is 11.9. The largest absolute Gasteiger partial charge is 0.339 e. The summed E-state index contributed by atoms with van der Waals surface area (Å²) in [6.07, 6.45) is 4.61. The first-order chi connectivity index (χ1) is 6.33. The number of likely N-dealkylation sites (N-methyl/N-ethyl adjacent to an activating group) is 1. The fraction of sp³-hybridized carbons (Fsp3) is 0.900. The Morgan fingerprint density at radius 3 is 2.69 bits per heavy atom. The van der Waals surface area contributed by atoms with Crippen molar-refractivity contribution in [2.45, 2.75) is 44.7 Å². The van der Waals surface area contributed by atoms with Crippen molar-refractivity contribution in [2.75, 3.05) is 13.1 Å². The second-order valence-corrected chi connectivity index (χ2v) is 4.00. The molecule has 1 heterocycles. The van der Waals surface area contributed by atoms with Crippen LogP contribution in [0.15, 0.2) is 0 Å². The summed E-state index contributed by atoms with van der Waals surface area (Å²) in [6, 6.07) is 0.695. The topological polar surface area (TPSA) is 32.3 Å². The molecule has 1 saturated carbocycles. The number of nitrogens with zero attached hydrogens (tertiary/aromatic N) is 1. The molecule has 0 spiro atoms. The van der Waals surface area contributed by atoms with Crippen LogP contribution in [0.1, 0.15) is 32.6 Å². The van der Waals surface area contributed by atoms with Crippen molar-refractivity contribution in [1.29, 1.82) is 0 Å². The van der Waals surface area contributed by atoms with Crippen molar-refractivity contribution >= 4 is 5.91 Å². The Bertz CT molecular complexity index is 195. The summed E-state index contributed by atoms with van der Waals surface area (Å²) < 4.78 is 0. The van der Waals surface area contributed by atoms with Crippen molar-refractivity contribution in [3.8, 4) is 0 Å². The Morgan fingerprint density at radius 1 is 1.46 bits per heavy atom. The van der Waals surface area contributed by atoms with Gasteiger partial charge in [0.1, 0.15) is 0 Å². The van der Waals surface area contributed by atoms with Gasteiger partial charge in [-0.2, -0.15) is 0 Å². The second-order valence-electron chi connectivity index (χ2n) is 4.00. The van der Waals surface area contributed by atoms with Gasteiger partial charge in [-0.15, -0.1) is 0 Å². The van der Waals surface area contributed by atoms with E-state index in [2.05, 4.69) is 12.2 Å². The molecule has 0 aromatic rings. The van der Waals surface area contributed by atoms with E-state index in [0.29, 0.717) is 11.9 Å². The van der Waals surface area contributed by atoms with Crippen molar-refractivity contribution in [3.05, 3.63) is 0 Å². The Hall–Kier alpha value is -0.570. The van der Waals surface area contributed by atoms with Crippen LogP contribution in [0.4, 0.5) is 0 Å². The van der Waals surface area contributed by atoms with Gasteiger partial charge in [0.15, 0.2) is 0 Å². The molecule has 1 N–H and O–H groups in total. The molecule has 74 valence electrons. The van der Waals surface area contributed by atoms with Crippen LogP contribution in [0.5, 0.6) is 0 Å². The van der Waals surface area contributed by atoms with Crippen LogP contribution >= 0.6 is 0 Å². The zero-order valence-electron chi connectivity index (χ0n) is 8.25.